The number of rotatable bonds is 8. The van der Waals surface area contributed by atoms with Gasteiger partial charge in [0.15, 0.2) is 0 Å². The third-order valence-electron chi connectivity index (χ3n) is 5.91. The Morgan fingerprint density at radius 3 is 2.54 bits per heavy atom. The van der Waals surface area contributed by atoms with E-state index >= 15 is 0 Å². The summed E-state index contributed by atoms with van der Waals surface area (Å²) in [5, 5.41) is 7.04. The van der Waals surface area contributed by atoms with Crippen LogP contribution in [0, 0.1) is 20.8 Å². The van der Waals surface area contributed by atoms with Crippen molar-refractivity contribution in [3.63, 3.8) is 0 Å². The number of amides is 1. The van der Waals surface area contributed by atoms with Crippen LogP contribution in [0.5, 0.6) is 0 Å². The van der Waals surface area contributed by atoms with Gasteiger partial charge in [0.1, 0.15) is 17.3 Å². The van der Waals surface area contributed by atoms with Crippen molar-refractivity contribution >= 4 is 11.7 Å². The second kappa shape index (κ2) is 10.3. The fraction of sp³-hybridized carbons (Fsp3) is 0.231. The molecule has 9 nitrogen and oxygen atoms in total. The number of nitrogens with two attached hydrogens (primary N) is 1. The summed E-state index contributed by atoms with van der Waals surface area (Å²) in [6.45, 7) is 6.13. The van der Waals surface area contributed by atoms with Crippen LogP contribution in [0.4, 0.5) is 5.82 Å². The summed E-state index contributed by atoms with van der Waals surface area (Å²) >= 11 is 0. The van der Waals surface area contributed by atoms with Gasteiger partial charge in [-0.2, -0.15) is 0 Å². The van der Waals surface area contributed by atoms with Gasteiger partial charge in [-0.3, -0.25) is 9.59 Å². The minimum Gasteiger partial charge on any atom is -0.384 e. The number of nitrogens with one attached hydrogen (secondary N) is 2. The Balaban J connectivity index is 1.46. The Morgan fingerprint density at radius 1 is 1.03 bits per heavy atom. The van der Waals surface area contributed by atoms with E-state index in [9.17, 15) is 9.59 Å². The predicted molar refractivity (Wildman–Crippen MR) is 134 cm³/mol. The molecule has 180 valence electrons. The van der Waals surface area contributed by atoms with Gasteiger partial charge in [-0.15, -0.1) is 0 Å². The maximum absolute atomic E-state index is 13.1. The van der Waals surface area contributed by atoms with Crippen LogP contribution in [0.3, 0.4) is 0 Å². The largest absolute Gasteiger partial charge is 0.384 e. The maximum atomic E-state index is 13.1. The number of nitrogen functional groups attached to an aromatic ring is 1. The highest BCUT2D eigenvalue weighted by molar-refractivity contribution is 5.78. The van der Waals surface area contributed by atoms with Crippen LogP contribution in [0.1, 0.15) is 33.7 Å². The second-order valence-electron chi connectivity index (χ2n) is 8.35. The zero-order valence-corrected chi connectivity index (χ0v) is 20.0. The van der Waals surface area contributed by atoms with Crippen LogP contribution in [0.2, 0.25) is 0 Å². The Hall–Kier alpha value is -4.40. The molecule has 0 aliphatic carbocycles. The summed E-state index contributed by atoms with van der Waals surface area (Å²) in [7, 11) is 0. The topological polar surface area (TPSA) is 128 Å². The van der Waals surface area contributed by atoms with Gasteiger partial charge in [-0.1, -0.05) is 41.6 Å². The lowest BCUT2D eigenvalue weighted by molar-refractivity contribution is -0.120. The summed E-state index contributed by atoms with van der Waals surface area (Å²) in [6.07, 6.45) is 1.63. The van der Waals surface area contributed by atoms with E-state index in [0.717, 1.165) is 33.6 Å². The van der Waals surface area contributed by atoms with Crippen LogP contribution < -0.4 is 22.0 Å². The number of aromatic nitrogens is 3. The van der Waals surface area contributed by atoms with Gasteiger partial charge in [0.2, 0.25) is 5.91 Å². The van der Waals surface area contributed by atoms with Crippen molar-refractivity contribution in [2.45, 2.75) is 40.3 Å². The van der Waals surface area contributed by atoms with Gasteiger partial charge in [-0.05, 0) is 44.0 Å². The lowest BCUT2D eigenvalue weighted by atomic mass is 10.1. The van der Waals surface area contributed by atoms with Gasteiger partial charge in [-0.25, -0.2) is 9.66 Å². The number of nitrogens with zero attached hydrogens (tertiary/aromatic N) is 3. The molecule has 0 aliphatic rings. The van der Waals surface area contributed by atoms with Crippen molar-refractivity contribution in [1.82, 2.24) is 20.1 Å². The molecule has 35 heavy (non-hydrogen) atoms. The highest BCUT2D eigenvalue weighted by Crippen LogP contribution is 2.25. The summed E-state index contributed by atoms with van der Waals surface area (Å²) in [5.74, 6) is 0.854. The molecule has 1 aromatic carbocycles. The Labute approximate surface area is 203 Å². The zero-order chi connectivity index (χ0) is 24.9. The van der Waals surface area contributed by atoms with Gasteiger partial charge in [0.05, 0.1) is 13.0 Å². The number of hydrogen-bond acceptors (Lipinski definition) is 7. The Kier molecular flexibility index (Phi) is 6.96. The zero-order valence-electron chi connectivity index (χ0n) is 20.0. The number of pyridine rings is 2. The molecular weight excluding hydrogens is 444 g/mol. The van der Waals surface area contributed by atoms with Gasteiger partial charge in [0.25, 0.3) is 5.56 Å². The molecule has 0 saturated heterocycles. The molecule has 0 saturated carbocycles. The molecule has 0 atom stereocenters. The molecule has 4 rings (SSSR count). The number of carbonyl (C=O) groups excluding carboxylic acids is 1. The molecule has 0 bridgehead atoms. The highest BCUT2D eigenvalue weighted by Gasteiger charge is 2.16. The van der Waals surface area contributed by atoms with E-state index in [4.69, 9.17) is 10.3 Å². The normalized spacial score (nSPS) is 10.8. The fourth-order valence-corrected chi connectivity index (χ4v) is 3.81. The molecule has 0 spiro atoms. The lowest BCUT2D eigenvalue weighted by Crippen LogP contribution is -2.34. The Bertz CT molecular complexity index is 1410. The van der Waals surface area contributed by atoms with Crippen LogP contribution >= 0.6 is 0 Å². The van der Waals surface area contributed by atoms with Crippen molar-refractivity contribution < 1.29 is 9.32 Å². The molecule has 0 unspecified atom stereocenters. The third kappa shape index (κ3) is 5.40. The first-order chi connectivity index (χ1) is 16.8. The first kappa shape index (κ1) is 23.7. The van der Waals surface area contributed by atoms with Crippen molar-refractivity contribution in [1.29, 1.82) is 0 Å². The number of anilines is 1. The van der Waals surface area contributed by atoms with E-state index in [0.29, 0.717) is 30.2 Å². The minimum absolute atomic E-state index is 0.0316. The van der Waals surface area contributed by atoms with Crippen molar-refractivity contribution in [2.24, 2.45) is 0 Å². The fourth-order valence-electron chi connectivity index (χ4n) is 3.81. The number of benzene rings is 1. The summed E-state index contributed by atoms with van der Waals surface area (Å²) in [5.41, 5.74) is 13.9. The monoisotopic (exact) mass is 472 g/mol. The van der Waals surface area contributed by atoms with E-state index in [2.05, 4.69) is 20.9 Å². The molecule has 0 fully saturated rings. The molecule has 3 heterocycles. The van der Waals surface area contributed by atoms with E-state index in [-0.39, 0.29) is 17.9 Å². The average Bonchev–Trinajstić information content (AvgIpc) is 3.21. The van der Waals surface area contributed by atoms with E-state index in [1.807, 2.05) is 63.2 Å². The van der Waals surface area contributed by atoms with E-state index in [1.54, 1.807) is 12.3 Å². The van der Waals surface area contributed by atoms with Gasteiger partial charge < -0.3 is 21.0 Å². The van der Waals surface area contributed by atoms with Crippen LogP contribution in [-0.2, 0) is 24.3 Å². The van der Waals surface area contributed by atoms with Gasteiger partial charge in [0, 0.05) is 35.1 Å². The van der Waals surface area contributed by atoms with Gasteiger partial charge >= 0.3 is 0 Å². The molecule has 3 aromatic heterocycles. The lowest BCUT2D eigenvalue weighted by Gasteiger charge is -2.13. The summed E-state index contributed by atoms with van der Waals surface area (Å²) in [4.78, 5) is 30.0. The van der Waals surface area contributed by atoms with Crippen LogP contribution in [0.15, 0.2) is 64.0 Å². The molecule has 0 radical (unpaired) electrons. The quantitative estimate of drug-likeness (QED) is 0.360. The third-order valence-corrected chi connectivity index (χ3v) is 5.91. The van der Waals surface area contributed by atoms with Crippen LogP contribution in [0.25, 0.3) is 11.3 Å². The molecular formula is C26H28N6O3. The minimum atomic E-state index is -0.277. The molecule has 1 amide bonds. The number of aryl methyl sites for hydroxylation is 3. The Morgan fingerprint density at radius 2 is 1.80 bits per heavy atom. The first-order valence-corrected chi connectivity index (χ1v) is 11.3. The highest BCUT2D eigenvalue weighted by atomic mass is 16.5. The molecule has 4 N–H and O–H groups in total. The first-order valence-electron chi connectivity index (χ1n) is 11.3. The van der Waals surface area contributed by atoms with Crippen molar-refractivity contribution in [3.8, 4) is 11.3 Å². The standard InChI is InChI=1S/C26H28N6O3/c1-16-11-12-32(29-15-22-18(3)35-31-25(22)19-7-5-4-6-8-19)26(34)21(16)13-24(33)28-14-20-9-10-23(27)30-17(20)2/h4-12,29H,13-15H2,1-3H3,(H2,27,30)(H,28,33). The van der Waals surface area contributed by atoms with Crippen LogP contribution in [-0.4, -0.2) is 20.7 Å². The van der Waals surface area contributed by atoms with E-state index in [1.165, 1.54) is 4.68 Å². The SMILES string of the molecule is Cc1ccn(NCc2c(-c3ccccc3)noc2C)c(=O)c1CC(=O)NCc1ccc(N)nc1C. The average molecular weight is 473 g/mol. The summed E-state index contributed by atoms with van der Waals surface area (Å²) < 4.78 is 6.79. The maximum Gasteiger partial charge on any atom is 0.272 e. The van der Waals surface area contributed by atoms with Crippen molar-refractivity contribution in [3.05, 3.63) is 98.8 Å². The summed E-state index contributed by atoms with van der Waals surface area (Å²) in [6, 6.07) is 15.1. The number of carbonyl (C=O) groups is 1. The smallest absolute Gasteiger partial charge is 0.272 e. The van der Waals surface area contributed by atoms with E-state index < -0.39 is 0 Å². The molecule has 9 heteroatoms. The molecule has 4 aromatic rings. The second-order valence-corrected chi connectivity index (χ2v) is 8.35. The molecule has 0 aliphatic heterocycles. The predicted octanol–water partition coefficient (Wildman–Crippen LogP) is 3.01. The van der Waals surface area contributed by atoms with Crippen molar-refractivity contribution in [2.75, 3.05) is 11.2 Å². The number of hydrogen-bond donors (Lipinski definition) is 3.